The maximum Gasteiger partial charge on any atom is 0.338 e. The van der Waals surface area contributed by atoms with Crippen molar-refractivity contribution in [3.63, 3.8) is 0 Å². The Morgan fingerprint density at radius 1 is 0.759 bits per heavy atom. The smallest absolute Gasteiger partial charge is 0.338 e. The molecule has 0 aromatic heterocycles. The predicted molar refractivity (Wildman–Crippen MR) is 123 cm³/mol. The molecule has 0 spiro atoms. The number of hydrogen-bond acceptors (Lipinski definition) is 4. The average Bonchev–Trinajstić information content (AvgIpc) is 2.74. The summed E-state index contributed by atoms with van der Waals surface area (Å²) in [5.74, 6) is -0.256. The predicted octanol–water partition coefficient (Wildman–Crippen LogP) is 6.73. The highest BCUT2D eigenvalue weighted by Gasteiger charge is 2.05. The molecule has 29 heavy (non-hydrogen) atoms. The van der Waals surface area contributed by atoms with Crippen LogP contribution in [-0.2, 0) is 4.74 Å². The Morgan fingerprint density at radius 3 is 1.66 bits per heavy atom. The van der Waals surface area contributed by atoms with Gasteiger partial charge in [0, 0.05) is 18.8 Å². The quantitative estimate of drug-likeness (QED) is 0.198. The number of aliphatic hydroxyl groups excluding tert-OH is 1. The summed E-state index contributed by atoms with van der Waals surface area (Å²) in [5.41, 5.74) is 1.67. The zero-order valence-electron chi connectivity index (χ0n) is 18.6. The van der Waals surface area contributed by atoms with E-state index in [1.165, 1.54) is 83.5 Å². The number of aliphatic hydroxyl groups is 1. The number of benzene rings is 1. The molecule has 0 aliphatic rings. The van der Waals surface area contributed by atoms with Gasteiger partial charge in [0.05, 0.1) is 12.2 Å². The number of ether oxygens (including phenoxy) is 1. The Hall–Kier alpha value is -1.55. The molecule has 0 atom stereocenters. The number of hydrogen-bond donors (Lipinski definition) is 2. The van der Waals surface area contributed by atoms with Crippen molar-refractivity contribution in [2.45, 2.75) is 96.8 Å². The van der Waals surface area contributed by atoms with Crippen molar-refractivity contribution >= 4 is 11.7 Å². The van der Waals surface area contributed by atoms with Crippen molar-refractivity contribution < 1.29 is 14.6 Å². The number of carbonyl (C=O) groups excluding carboxylic acids is 1. The zero-order chi connectivity index (χ0) is 21.0. The molecule has 0 aliphatic heterocycles. The lowest BCUT2D eigenvalue weighted by molar-refractivity contribution is 0.0526. The maximum atomic E-state index is 11.6. The van der Waals surface area contributed by atoms with Crippen LogP contribution in [0.3, 0.4) is 0 Å². The number of rotatable bonds is 19. The Morgan fingerprint density at radius 2 is 1.21 bits per heavy atom. The van der Waals surface area contributed by atoms with Crippen LogP contribution < -0.4 is 5.32 Å². The van der Waals surface area contributed by atoms with Gasteiger partial charge < -0.3 is 15.2 Å². The van der Waals surface area contributed by atoms with Crippen LogP contribution in [0, 0.1) is 0 Å². The molecule has 1 aromatic carbocycles. The highest BCUT2D eigenvalue weighted by Crippen LogP contribution is 2.14. The molecule has 0 radical (unpaired) electrons. The van der Waals surface area contributed by atoms with Gasteiger partial charge in [0.15, 0.2) is 0 Å². The number of nitrogens with one attached hydrogen (secondary N) is 1. The third-order valence-electron chi connectivity index (χ3n) is 5.31. The summed E-state index contributed by atoms with van der Waals surface area (Å²) in [6.07, 6.45) is 18.2. The van der Waals surface area contributed by atoms with E-state index in [9.17, 15) is 4.79 Å². The van der Waals surface area contributed by atoms with E-state index in [0.29, 0.717) is 18.8 Å². The molecular formula is C25H43NO3. The van der Waals surface area contributed by atoms with Gasteiger partial charge >= 0.3 is 5.97 Å². The van der Waals surface area contributed by atoms with Crippen molar-refractivity contribution in [1.82, 2.24) is 0 Å². The fourth-order valence-corrected chi connectivity index (χ4v) is 3.53. The van der Waals surface area contributed by atoms with Gasteiger partial charge in [0.25, 0.3) is 0 Å². The molecule has 0 amide bonds. The van der Waals surface area contributed by atoms with E-state index in [4.69, 9.17) is 9.84 Å². The minimum atomic E-state index is -0.256. The second-order valence-electron chi connectivity index (χ2n) is 7.90. The van der Waals surface area contributed by atoms with Crippen molar-refractivity contribution in [3.05, 3.63) is 29.8 Å². The third kappa shape index (κ3) is 14.1. The van der Waals surface area contributed by atoms with E-state index in [1.54, 1.807) is 0 Å². The molecular weight excluding hydrogens is 362 g/mol. The van der Waals surface area contributed by atoms with Crippen LogP contribution in [-0.4, -0.2) is 30.8 Å². The summed E-state index contributed by atoms with van der Waals surface area (Å²) in [5, 5.41) is 12.2. The highest BCUT2D eigenvalue weighted by atomic mass is 16.5. The lowest BCUT2D eigenvalue weighted by Crippen LogP contribution is -2.05. The van der Waals surface area contributed by atoms with Crippen LogP contribution in [0.1, 0.15) is 107 Å². The minimum Gasteiger partial charge on any atom is -0.462 e. The molecule has 0 saturated carbocycles. The second kappa shape index (κ2) is 18.5. The Kier molecular flexibility index (Phi) is 16.2. The summed E-state index contributed by atoms with van der Waals surface area (Å²) in [7, 11) is 0. The van der Waals surface area contributed by atoms with Gasteiger partial charge in [-0.3, -0.25) is 0 Å². The SMILES string of the molecule is CCOC(=O)c1ccc(NCCCCCCCCCCCCCCCCO)cc1. The molecule has 4 nitrogen and oxygen atoms in total. The Bertz CT molecular complexity index is 501. The first-order valence-electron chi connectivity index (χ1n) is 11.9. The van der Waals surface area contributed by atoms with Crippen molar-refractivity contribution in [1.29, 1.82) is 0 Å². The van der Waals surface area contributed by atoms with Gasteiger partial charge in [-0.05, 0) is 44.0 Å². The summed E-state index contributed by atoms with van der Waals surface area (Å²) >= 11 is 0. The van der Waals surface area contributed by atoms with E-state index in [1.807, 2.05) is 31.2 Å². The normalized spacial score (nSPS) is 10.8. The molecule has 0 saturated heterocycles. The number of esters is 1. The summed E-state index contributed by atoms with van der Waals surface area (Å²) in [4.78, 5) is 11.6. The zero-order valence-corrected chi connectivity index (χ0v) is 18.6. The molecule has 1 aromatic rings. The number of anilines is 1. The molecule has 4 heteroatoms. The average molecular weight is 406 g/mol. The number of carbonyl (C=O) groups is 1. The molecule has 166 valence electrons. The molecule has 0 bridgehead atoms. The summed E-state index contributed by atoms with van der Waals surface area (Å²) in [6.45, 7) is 3.56. The van der Waals surface area contributed by atoms with Crippen molar-refractivity contribution in [2.24, 2.45) is 0 Å². The lowest BCUT2D eigenvalue weighted by Gasteiger charge is -2.07. The van der Waals surface area contributed by atoms with Crippen LogP contribution in [0.2, 0.25) is 0 Å². The maximum absolute atomic E-state index is 11.6. The Labute approximate surface area is 178 Å². The van der Waals surface area contributed by atoms with Crippen LogP contribution in [0.5, 0.6) is 0 Å². The van der Waals surface area contributed by atoms with Gasteiger partial charge in [0.2, 0.25) is 0 Å². The van der Waals surface area contributed by atoms with Crippen LogP contribution >= 0.6 is 0 Å². The summed E-state index contributed by atoms with van der Waals surface area (Å²) < 4.78 is 5.00. The topological polar surface area (TPSA) is 58.6 Å². The fraction of sp³-hybridized carbons (Fsp3) is 0.720. The van der Waals surface area contributed by atoms with Crippen LogP contribution in [0.25, 0.3) is 0 Å². The van der Waals surface area contributed by atoms with Crippen molar-refractivity contribution in [3.8, 4) is 0 Å². The van der Waals surface area contributed by atoms with Crippen molar-refractivity contribution in [2.75, 3.05) is 25.1 Å². The molecule has 0 unspecified atom stereocenters. The fourth-order valence-electron chi connectivity index (χ4n) is 3.53. The second-order valence-corrected chi connectivity index (χ2v) is 7.90. The van der Waals surface area contributed by atoms with Crippen LogP contribution in [0.4, 0.5) is 5.69 Å². The molecule has 0 aliphatic carbocycles. The third-order valence-corrected chi connectivity index (χ3v) is 5.31. The van der Waals surface area contributed by atoms with Gasteiger partial charge in [-0.1, -0.05) is 77.0 Å². The standard InChI is InChI=1S/C25H43NO3/c1-2-29-25(28)23-17-19-24(20-18-23)26-21-15-13-11-9-7-5-3-4-6-8-10-12-14-16-22-27/h17-20,26-27H,2-16,21-22H2,1H3. The van der Waals surface area contributed by atoms with E-state index < -0.39 is 0 Å². The number of unbranched alkanes of at least 4 members (excludes halogenated alkanes) is 13. The van der Waals surface area contributed by atoms with E-state index in [2.05, 4.69) is 5.32 Å². The molecule has 1 rings (SSSR count). The highest BCUT2D eigenvalue weighted by molar-refractivity contribution is 5.89. The monoisotopic (exact) mass is 405 g/mol. The molecule has 0 heterocycles. The van der Waals surface area contributed by atoms with Gasteiger partial charge in [0.1, 0.15) is 0 Å². The first-order valence-corrected chi connectivity index (χ1v) is 11.9. The summed E-state index contributed by atoms with van der Waals surface area (Å²) in [6, 6.07) is 7.53. The minimum absolute atomic E-state index is 0.256. The lowest BCUT2D eigenvalue weighted by atomic mass is 10.0. The van der Waals surface area contributed by atoms with E-state index >= 15 is 0 Å². The van der Waals surface area contributed by atoms with E-state index in [-0.39, 0.29) is 5.97 Å². The first-order chi connectivity index (χ1) is 14.3. The van der Waals surface area contributed by atoms with Gasteiger partial charge in [-0.25, -0.2) is 4.79 Å². The first kappa shape index (κ1) is 25.5. The van der Waals surface area contributed by atoms with E-state index in [0.717, 1.165) is 18.7 Å². The molecule has 2 N–H and O–H groups in total. The Balaban J connectivity index is 1.86. The van der Waals surface area contributed by atoms with Gasteiger partial charge in [-0.2, -0.15) is 0 Å². The van der Waals surface area contributed by atoms with Crippen LogP contribution in [0.15, 0.2) is 24.3 Å². The van der Waals surface area contributed by atoms with Gasteiger partial charge in [-0.15, -0.1) is 0 Å². The molecule has 0 fully saturated rings. The largest absolute Gasteiger partial charge is 0.462 e.